The maximum Gasteiger partial charge on any atom is 0.270 e. The molecule has 27 heavy (non-hydrogen) atoms. The molecule has 0 radical (unpaired) electrons. The topological polar surface area (TPSA) is 81.5 Å². The number of hydrogen-bond donors (Lipinski definition) is 1. The Morgan fingerprint density at radius 3 is 2.67 bits per heavy atom. The molecule has 0 spiro atoms. The van der Waals surface area contributed by atoms with Crippen molar-refractivity contribution < 1.29 is 18.4 Å². The largest absolute Gasteiger partial charge is 0.463 e. The number of halogens is 1. The second kappa shape index (κ2) is 6.90. The van der Waals surface area contributed by atoms with Crippen LogP contribution < -0.4 is 5.73 Å². The Morgan fingerprint density at radius 1 is 1.19 bits per heavy atom. The number of carbonyl (C=O) groups excluding carboxylic acids is 2. The zero-order valence-electron chi connectivity index (χ0n) is 14.7. The van der Waals surface area contributed by atoms with Crippen LogP contribution in [0.25, 0.3) is 11.1 Å². The minimum absolute atomic E-state index is 0.124. The van der Waals surface area contributed by atoms with Gasteiger partial charge in [-0.3, -0.25) is 9.59 Å². The van der Waals surface area contributed by atoms with Crippen molar-refractivity contribution in [3.05, 3.63) is 59.7 Å². The van der Waals surface area contributed by atoms with Gasteiger partial charge in [0.15, 0.2) is 5.58 Å². The Hall–Kier alpha value is -3.09. The number of likely N-dealkylation sites (tertiary alicyclic amines) is 1. The van der Waals surface area contributed by atoms with Crippen LogP contribution in [0.2, 0.25) is 0 Å². The van der Waals surface area contributed by atoms with Crippen LogP contribution in [-0.2, 0) is 11.3 Å². The van der Waals surface area contributed by atoms with E-state index in [1.54, 1.807) is 29.4 Å². The highest BCUT2D eigenvalue weighted by atomic mass is 19.1. The monoisotopic (exact) mass is 369 g/mol. The number of aromatic nitrogens is 1. The molecule has 2 N–H and O–H groups in total. The summed E-state index contributed by atoms with van der Waals surface area (Å²) in [6.07, 6.45) is 2.71. The molecule has 0 aliphatic carbocycles. The van der Waals surface area contributed by atoms with Gasteiger partial charge in [-0.1, -0.05) is 12.1 Å². The molecule has 7 heteroatoms. The normalized spacial score (nSPS) is 15.4. The van der Waals surface area contributed by atoms with Crippen molar-refractivity contribution in [2.45, 2.75) is 19.4 Å². The third-order valence-electron chi connectivity index (χ3n) is 5.16. The van der Waals surface area contributed by atoms with Crippen LogP contribution >= 0.6 is 0 Å². The van der Waals surface area contributed by atoms with Gasteiger partial charge in [0.2, 0.25) is 5.91 Å². The molecule has 6 nitrogen and oxygen atoms in total. The molecule has 140 valence electrons. The number of carbonyl (C=O) groups is 2. The number of nitrogens with two attached hydrogens (primary N) is 1. The molecule has 1 aliphatic heterocycles. The van der Waals surface area contributed by atoms with E-state index in [1.807, 2.05) is 10.6 Å². The quantitative estimate of drug-likeness (QED) is 0.768. The molecular formula is C20H20FN3O3. The summed E-state index contributed by atoms with van der Waals surface area (Å²) in [6, 6.07) is 9.83. The van der Waals surface area contributed by atoms with E-state index < -0.39 is 0 Å². The van der Waals surface area contributed by atoms with Gasteiger partial charge in [-0.25, -0.2) is 4.39 Å². The third-order valence-corrected chi connectivity index (χ3v) is 5.16. The second-order valence-corrected chi connectivity index (χ2v) is 6.88. The molecule has 1 aliphatic rings. The first kappa shape index (κ1) is 17.3. The molecule has 2 aromatic heterocycles. The first-order chi connectivity index (χ1) is 13.0. The maximum atomic E-state index is 13.6. The number of furan rings is 1. The van der Waals surface area contributed by atoms with Crippen molar-refractivity contribution in [1.82, 2.24) is 9.47 Å². The highest BCUT2D eigenvalue weighted by Gasteiger charge is 2.28. The highest BCUT2D eigenvalue weighted by molar-refractivity contribution is 5.97. The molecule has 3 heterocycles. The van der Waals surface area contributed by atoms with Gasteiger partial charge in [0.05, 0.1) is 11.8 Å². The molecule has 1 aromatic carbocycles. The van der Waals surface area contributed by atoms with E-state index in [0.717, 1.165) is 11.1 Å². The van der Waals surface area contributed by atoms with Gasteiger partial charge in [0.1, 0.15) is 11.5 Å². The molecule has 2 amide bonds. The summed E-state index contributed by atoms with van der Waals surface area (Å²) < 4.78 is 20.9. The fourth-order valence-electron chi connectivity index (χ4n) is 3.67. The zero-order valence-corrected chi connectivity index (χ0v) is 14.7. The van der Waals surface area contributed by atoms with Crippen LogP contribution in [0, 0.1) is 11.7 Å². The number of hydrogen-bond acceptors (Lipinski definition) is 3. The molecule has 0 saturated carbocycles. The first-order valence-electron chi connectivity index (χ1n) is 8.92. The van der Waals surface area contributed by atoms with E-state index in [-0.39, 0.29) is 23.5 Å². The number of piperidine rings is 1. The lowest BCUT2D eigenvalue weighted by Gasteiger charge is -2.30. The number of amides is 2. The summed E-state index contributed by atoms with van der Waals surface area (Å²) >= 11 is 0. The number of primary amides is 1. The molecule has 1 fully saturated rings. The average molecular weight is 369 g/mol. The van der Waals surface area contributed by atoms with E-state index in [9.17, 15) is 14.0 Å². The van der Waals surface area contributed by atoms with Crippen molar-refractivity contribution in [3.8, 4) is 0 Å². The molecule has 0 atom stereocenters. The first-order valence-corrected chi connectivity index (χ1v) is 8.92. The molecule has 0 bridgehead atoms. The van der Waals surface area contributed by atoms with Gasteiger partial charge in [-0.2, -0.15) is 0 Å². The van der Waals surface area contributed by atoms with Crippen LogP contribution in [0.5, 0.6) is 0 Å². The van der Waals surface area contributed by atoms with Gasteiger partial charge in [0.25, 0.3) is 5.91 Å². The summed E-state index contributed by atoms with van der Waals surface area (Å²) in [6.45, 7) is 1.33. The van der Waals surface area contributed by atoms with Crippen molar-refractivity contribution in [2.24, 2.45) is 11.7 Å². The van der Waals surface area contributed by atoms with E-state index in [2.05, 4.69) is 0 Å². The third kappa shape index (κ3) is 3.32. The fraction of sp³-hybridized carbons (Fsp3) is 0.300. The number of benzene rings is 1. The van der Waals surface area contributed by atoms with Gasteiger partial charge in [0, 0.05) is 37.7 Å². The fourth-order valence-corrected chi connectivity index (χ4v) is 3.67. The van der Waals surface area contributed by atoms with Gasteiger partial charge in [-0.15, -0.1) is 0 Å². The Morgan fingerprint density at radius 2 is 1.96 bits per heavy atom. The summed E-state index contributed by atoms with van der Waals surface area (Å²) in [5.74, 6) is -0.927. The predicted octanol–water partition coefficient (Wildman–Crippen LogP) is 2.76. The Labute approximate surface area is 155 Å². The van der Waals surface area contributed by atoms with Gasteiger partial charge < -0.3 is 19.6 Å². The molecule has 3 aromatic rings. The lowest BCUT2D eigenvalue weighted by molar-refractivity contribution is -0.123. The van der Waals surface area contributed by atoms with Crippen LogP contribution in [0.1, 0.15) is 28.9 Å². The Bertz CT molecular complexity index is 999. The van der Waals surface area contributed by atoms with E-state index >= 15 is 0 Å². The predicted molar refractivity (Wildman–Crippen MR) is 97.5 cm³/mol. The lowest BCUT2D eigenvalue weighted by atomic mass is 9.96. The summed E-state index contributed by atoms with van der Waals surface area (Å²) in [7, 11) is 0. The van der Waals surface area contributed by atoms with Crippen LogP contribution in [0.15, 0.2) is 47.1 Å². The van der Waals surface area contributed by atoms with Crippen molar-refractivity contribution in [1.29, 1.82) is 0 Å². The molecule has 4 rings (SSSR count). The van der Waals surface area contributed by atoms with Crippen molar-refractivity contribution in [3.63, 3.8) is 0 Å². The van der Waals surface area contributed by atoms with E-state index in [0.29, 0.717) is 43.8 Å². The lowest BCUT2D eigenvalue weighted by Crippen LogP contribution is -2.42. The van der Waals surface area contributed by atoms with Crippen molar-refractivity contribution >= 4 is 22.9 Å². The van der Waals surface area contributed by atoms with Crippen LogP contribution in [-0.4, -0.2) is 34.4 Å². The SMILES string of the molecule is NC(=O)C1CCN(C(=O)c2cc3occc3n2Cc2cccc(F)c2)CC1. The zero-order chi connectivity index (χ0) is 19.0. The van der Waals surface area contributed by atoms with E-state index in [1.165, 1.54) is 12.1 Å². The van der Waals surface area contributed by atoms with Gasteiger partial charge in [-0.05, 0) is 30.5 Å². The summed E-state index contributed by atoms with van der Waals surface area (Å²) in [5.41, 5.74) is 8.02. The molecular weight excluding hydrogens is 349 g/mol. The number of rotatable bonds is 4. The maximum absolute atomic E-state index is 13.6. The Balaban J connectivity index is 1.63. The minimum Gasteiger partial charge on any atom is -0.463 e. The van der Waals surface area contributed by atoms with Crippen molar-refractivity contribution in [2.75, 3.05) is 13.1 Å². The van der Waals surface area contributed by atoms with Crippen LogP contribution in [0.4, 0.5) is 4.39 Å². The minimum atomic E-state index is -0.315. The van der Waals surface area contributed by atoms with E-state index in [4.69, 9.17) is 10.2 Å². The highest BCUT2D eigenvalue weighted by Crippen LogP contribution is 2.25. The Kier molecular flexibility index (Phi) is 4.43. The summed E-state index contributed by atoms with van der Waals surface area (Å²) in [4.78, 5) is 26.2. The molecule has 1 saturated heterocycles. The standard InChI is InChI=1S/C20H20FN3O3/c21-15-3-1-2-13(10-15)12-24-16-6-9-27-18(16)11-17(24)20(26)23-7-4-14(5-8-23)19(22)25/h1-3,6,9-11,14H,4-5,7-8,12H2,(H2,22,25). The number of nitrogens with zero attached hydrogens (tertiary/aromatic N) is 2. The van der Waals surface area contributed by atoms with Gasteiger partial charge >= 0.3 is 0 Å². The number of fused-ring (bicyclic) bond motifs is 1. The average Bonchev–Trinajstić information content (AvgIpc) is 3.24. The molecule has 0 unspecified atom stereocenters. The second-order valence-electron chi connectivity index (χ2n) is 6.88. The van der Waals surface area contributed by atoms with Crippen LogP contribution in [0.3, 0.4) is 0 Å². The summed E-state index contributed by atoms with van der Waals surface area (Å²) in [5, 5.41) is 0. The smallest absolute Gasteiger partial charge is 0.270 e.